The van der Waals surface area contributed by atoms with Gasteiger partial charge in [0.2, 0.25) is 0 Å². The Morgan fingerprint density at radius 1 is 1.10 bits per heavy atom. The number of aromatic nitrogens is 4. The second kappa shape index (κ2) is 5.71. The normalized spacial score (nSPS) is 10.8. The maximum atomic E-state index is 6.21. The van der Waals surface area contributed by atoms with Crippen LogP contribution in [0, 0.1) is 0 Å². The molecule has 7 heteroatoms. The van der Waals surface area contributed by atoms with Crippen LogP contribution in [0.4, 0.5) is 5.69 Å². The van der Waals surface area contributed by atoms with Gasteiger partial charge < -0.3 is 5.73 Å². The molecule has 5 nitrogen and oxygen atoms in total. The zero-order valence-electron chi connectivity index (χ0n) is 10.9. The van der Waals surface area contributed by atoms with Crippen LogP contribution in [0.2, 0.25) is 10.0 Å². The molecule has 3 rings (SSSR count). The Labute approximate surface area is 131 Å². The minimum Gasteiger partial charge on any atom is -0.399 e. The van der Waals surface area contributed by atoms with E-state index in [1.165, 1.54) is 0 Å². The van der Waals surface area contributed by atoms with E-state index in [9.17, 15) is 0 Å². The summed E-state index contributed by atoms with van der Waals surface area (Å²) in [4.78, 5) is 0. The van der Waals surface area contributed by atoms with Gasteiger partial charge in [-0.25, -0.2) is 4.68 Å². The Hall–Kier alpha value is -2.11. The monoisotopic (exact) mass is 319 g/mol. The SMILES string of the molecule is Nc1ccc(-c2nnnn2Cc2cccc(Cl)c2)c(Cl)c1. The molecule has 0 radical (unpaired) electrons. The van der Waals surface area contributed by atoms with E-state index < -0.39 is 0 Å². The van der Waals surface area contributed by atoms with Gasteiger partial charge in [0.15, 0.2) is 5.82 Å². The van der Waals surface area contributed by atoms with Crippen LogP contribution >= 0.6 is 23.2 Å². The van der Waals surface area contributed by atoms with Crippen molar-refractivity contribution in [2.45, 2.75) is 6.54 Å². The van der Waals surface area contributed by atoms with Crippen LogP contribution in [0.5, 0.6) is 0 Å². The molecular weight excluding hydrogens is 309 g/mol. The smallest absolute Gasteiger partial charge is 0.183 e. The highest BCUT2D eigenvalue weighted by molar-refractivity contribution is 6.33. The van der Waals surface area contributed by atoms with Gasteiger partial charge in [0, 0.05) is 16.3 Å². The Bertz CT molecular complexity index is 785. The largest absolute Gasteiger partial charge is 0.399 e. The van der Waals surface area contributed by atoms with Gasteiger partial charge >= 0.3 is 0 Å². The van der Waals surface area contributed by atoms with Crippen LogP contribution in [-0.4, -0.2) is 20.2 Å². The molecule has 0 aliphatic heterocycles. The van der Waals surface area contributed by atoms with E-state index in [-0.39, 0.29) is 0 Å². The highest BCUT2D eigenvalue weighted by atomic mass is 35.5. The van der Waals surface area contributed by atoms with E-state index in [0.29, 0.717) is 28.1 Å². The van der Waals surface area contributed by atoms with Crippen molar-refractivity contribution in [3.05, 3.63) is 58.1 Å². The van der Waals surface area contributed by atoms with Crippen molar-refractivity contribution in [1.82, 2.24) is 20.2 Å². The van der Waals surface area contributed by atoms with Gasteiger partial charge in [0.25, 0.3) is 0 Å². The third-order valence-corrected chi connectivity index (χ3v) is 3.54. The standard InChI is InChI=1S/C14H11Cl2N5/c15-10-3-1-2-9(6-10)8-21-14(18-19-20-21)12-5-4-11(17)7-13(12)16/h1-7H,8,17H2. The highest BCUT2D eigenvalue weighted by Gasteiger charge is 2.13. The van der Waals surface area contributed by atoms with Crippen LogP contribution < -0.4 is 5.73 Å². The minimum atomic E-state index is 0.504. The first-order valence-electron chi connectivity index (χ1n) is 6.19. The second-order valence-electron chi connectivity index (χ2n) is 4.53. The van der Waals surface area contributed by atoms with E-state index in [0.717, 1.165) is 11.1 Å². The van der Waals surface area contributed by atoms with E-state index in [4.69, 9.17) is 28.9 Å². The molecule has 2 aromatic carbocycles. The Balaban J connectivity index is 1.97. The summed E-state index contributed by atoms with van der Waals surface area (Å²) >= 11 is 12.2. The summed E-state index contributed by atoms with van der Waals surface area (Å²) in [7, 11) is 0. The molecule has 1 heterocycles. The van der Waals surface area contributed by atoms with Gasteiger partial charge in [-0.1, -0.05) is 35.3 Å². The molecular formula is C14H11Cl2N5. The van der Waals surface area contributed by atoms with E-state index in [2.05, 4.69) is 15.5 Å². The Morgan fingerprint density at radius 2 is 1.95 bits per heavy atom. The van der Waals surface area contributed by atoms with E-state index in [1.807, 2.05) is 24.3 Å². The number of nitrogens with zero attached hydrogens (tertiary/aromatic N) is 4. The molecule has 1 aromatic heterocycles. The fourth-order valence-corrected chi connectivity index (χ4v) is 2.51. The lowest BCUT2D eigenvalue weighted by atomic mass is 10.2. The van der Waals surface area contributed by atoms with Crippen molar-refractivity contribution in [2.75, 3.05) is 5.73 Å². The lowest BCUT2D eigenvalue weighted by Gasteiger charge is -2.07. The van der Waals surface area contributed by atoms with Crippen molar-refractivity contribution >= 4 is 28.9 Å². The van der Waals surface area contributed by atoms with Gasteiger partial charge in [0.1, 0.15) is 0 Å². The van der Waals surface area contributed by atoms with Crippen LogP contribution in [0.25, 0.3) is 11.4 Å². The molecule has 0 aliphatic carbocycles. The quantitative estimate of drug-likeness (QED) is 0.752. The number of rotatable bonds is 3. The molecule has 0 atom stereocenters. The molecule has 3 aromatic rings. The van der Waals surface area contributed by atoms with Crippen molar-refractivity contribution < 1.29 is 0 Å². The van der Waals surface area contributed by atoms with Gasteiger partial charge in [0.05, 0.1) is 11.6 Å². The summed E-state index contributed by atoms with van der Waals surface area (Å²) in [5.41, 5.74) is 8.03. The molecule has 106 valence electrons. The molecule has 0 unspecified atom stereocenters. The molecule has 0 saturated heterocycles. The van der Waals surface area contributed by atoms with Crippen molar-refractivity contribution in [3.8, 4) is 11.4 Å². The second-order valence-corrected chi connectivity index (χ2v) is 5.37. The first-order valence-corrected chi connectivity index (χ1v) is 6.95. The number of halogens is 2. The van der Waals surface area contributed by atoms with Crippen molar-refractivity contribution in [1.29, 1.82) is 0 Å². The molecule has 0 amide bonds. The number of nitrogen functional groups attached to an aromatic ring is 1. The average molecular weight is 320 g/mol. The first kappa shape index (κ1) is 13.9. The van der Waals surface area contributed by atoms with Gasteiger partial charge in [-0.3, -0.25) is 0 Å². The van der Waals surface area contributed by atoms with Gasteiger partial charge in [-0.05, 0) is 46.3 Å². The molecule has 2 N–H and O–H groups in total. The van der Waals surface area contributed by atoms with Gasteiger partial charge in [-0.15, -0.1) is 5.10 Å². The Kier molecular flexibility index (Phi) is 3.77. The third kappa shape index (κ3) is 2.99. The summed E-state index contributed by atoms with van der Waals surface area (Å²) < 4.78 is 1.67. The maximum absolute atomic E-state index is 6.21. The average Bonchev–Trinajstić information content (AvgIpc) is 2.87. The number of tetrazole rings is 1. The number of benzene rings is 2. The Morgan fingerprint density at radius 3 is 2.71 bits per heavy atom. The number of anilines is 1. The van der Waals surface area contributed by atoms with Crippen LogP contribution in [0.15, 0.2) is 42.5 Å². The number of hydrogen-bond donors (Lipinski definition) is 1. The summed E-state index contributed by atoms with van der Waals surface area (Å²) in [6, 6.07) is 12.8. The summed E-state index contributed by atoms with van der Waals surface area (Å²) in [6.07, 6.45) is 0. The van der Waals surface area contributed by atoms with Gasteiger partial charge in [-0.2, -0.15) is 0 Å². The zero-order valence-corrected chi connectivity index (χ0v) is 12.4. The lowest BCUT2D eigenvalue weighted by molar-refractivity contribution is 0.653. The minimum absolute atomic E-state index is 0.504. The molecule has 21 heavy (non-hydrogen) atoms. The zero-order chi connectivity index (χ0) is 14.8. The molecule has 0 spiro atoms. The summed E-state index contributed by atoms with van der Waals surface area (Å²) in [5, 5.41) is 12.9. The van der Waals surface area contributed by atoms with Crippen LogP contribution in [-0.2, 0) is 6.54 Å². The van der Waals surface area contributed by atoms with E-state index in [1.54, 1.807) is 22.9 Å². The van der Waals surface area contributed by atoms with E-state index >= 15 is 0 Å². The molecule has 0 saturated carbocycles. The fourth-order valence-electron chi connectivity index (χ4n) is 2.02. The predicted molar refractivity (Wildman–Crippen MR) is 83.2 cm³/mol. The van der Waals surface area contributed by atoms with Crippen LogP contribution in [0.1, 0.15) is 5.56 Å². The van der Waals surface area contributed by atoms with Crippen molar-refractivity contribution in [2.24, 2.45) is 0 Å². The molecule has 0 fully saturated rings. The topological polar surface area (TPSA) is 69.6 Å². The summed E-state index contributed by atoms with van der Waals surface area (Å²) in [5.74, 6) is 0.583. The predicted octanol–water partition coefficient (Wildman–Crippen LogP) is 3.28. The lowest BCUT2D eigenvalue weighted by Crippen LogP contribution is -2.04. The molecule has 0 bridgehead atoms. The summed E-state index contributed by atoms with van der Waals surface area (Å²) in [6.45, 7) is 0.504. The highest BCUT2D eigenvalue weighted by Crippen LogP contribution is 2.28. The number of nitrogens with two attached hydrogens (primary N) is 1. The fraction of sp³-hybridized carbons (Fsp3) is 0.0714. The molecule has 0 aliphatic rings. The van der Waals surface area contributed by atoms with Crippen LogP contribution in [0.3, 0.4) is 0 Å². The first-order chi connectivity index (χ1) is 10.1. The maximum Gasteiger partial charge on any atom is 0.183 e. The number of hydrogen-bond acceptors (Lipinski definition) is 4. The van der Waals surface area contributed by atoms with Crippen molar-refractivity contribution in [3.63, 3.8) is 0 Å². The third-order valence-electron chi connectivity index (χ3n) is 2.99.